The molecule has 3 fully saturated rings. The molecule has 0 saturated carbocycles. The van der Waals surface area contributed by atoms with E-state index in [4.69, 9.17) is 4.74 Å². The Morgan fingerprint density at radius 2 is 2.14 bits per heavy atom. The van der Waals surface area contributed by atoms with Crippen LogP contribution in [0.15, 0.2) is 30.5 Å². The van der Waals surface area contributed by atoms with Crippen molar-refractivity contribution in [1.29, 1.82) is 0 Å². The first-order valence-corrected chi connectivity index (χ1v) is 11.0. The van der Waals surface area contributed by atoms with Gasteiger partial charge >= 0.3 is 0 Å². The summed E-state index contributed by atoms with van der Waals surface area (Å²) in [7, 11) is 0. The lowest BCUT2D eigenvalue weighted by Gasteiger charge is -2.51. The van der Waals surface area contributed by atoms with Crippen molar-refractivity contribution >= 4 is 10.9 Å². The maximum Gasteiger partial charge on any atom is 0.120 e. The molecule has 5 unspecified atom stereocenters. The van der Waals surface area contributed by atoms with Crippen molar-refractivity contribution in [3.8, 4) is 5.75 Å². The summed E-state index contributed by atoms with van der Waals surface area (Å²) >= 11 is 0. The van der Waals surface area contributed by atoms with Gasteiger partial charge in [0.2, 0.25) is 0 Å². The fourth-order valence-corrected chi connectivity index (χ4v) is 5.08. The number of hydrogen-bond acceptors (Lipinski definition) is 4. The van der Waals surface area contributed by atoms with Crippen molar-refractivity contribution in [2.24, 2.45) is 17.8 Å². The van der Waals surface area contributed by atoms with Crippen LogP contribution in [0, 0.1) is 17.8 Å². The van der Waals surface area contributed by atoms with Gasteiger partial charge in [-0.3, -0.25) is 9.88 Å². The molecule has 28 heavy (non-hydrogen) atoms. The van der Waals surface area contributed by atoms with Crippen molar-refractivity contribution in [2.45, 2.75) is 58.6 Å². The van der Waals surface area contributed by atoms with Crippen LogP contribution < -0.4 is 4.74 Å². The molecule has 1 N–H and O–H groups in total. The number of aliphatic hydroxyl groups is 1. The van der Waals surface area contributed by atoms with Gasteiger partial charge < -0.3 is 9.84 Å². The predicted molar refractivity (Wildman–Crippen MR) is 114 cm³/mol. The monoisotopic (exact) mass is 382 g/mol. The van der Waals surface area contributed by atoms with E-state index in [9.17, 15) is 5.11 Å². The predicted octanol–water partition coefficient (Wildman–Crippen LogP) is 4.81. The quantitative estimate of drug-likeness (QED) is 0.746. The second-order valence-electron chi connectivity index (χ2n) is 9.07. The molecule has 2 bridgehead atoms. The van der Waals surface area contributed by atoms with Crippen LogP contribution in [-0.2, 0) is 0 Å². The second-order valence-corrected chi connectivity index (χ2v) is 9.07. The van der Waals surface area contributed by atoms with Crippen LogP contribution in [0.1, 0.15) is 58.1 Å². The van der Waals surface area contributed by atoms with Crippen LogP contribution in [0.5, 0.6) is 5.75 Å². The van der Waals surface area contributed by atoms with Gasteiger partial charge in [0.1, 0.15) is 5.75 Å². The second kappa shape index (κ2) is 8.38. The summed E-state index contributed by atoms with van der Waals surface area (Å²) in [5.74, 6) is 3.05. The molecule has 0 radical (unpaired) electrons. The van der Waals surface area contributed by atoms with Crippen LogP contribution >= 0.6 is 0 Å². The molecule has 5 rings (SSSR count). The highest BCUT2D eigenvalue weighted by molar-refractivity contribution is 5.84. The average Bonchev–Trinajstić information content (AvgIpc) is 2.72. The molecule has 1 aromatic heterocycles. The summed E-state index contributed by atoms with van der Waals surface area (Å²) in [5, 5.41) is 12.4. The third-order valence-corrected chi connectivity index (χ3v) is 6.85. The van der Waals surface area contributed by atoms with E-state index in [1.807, 2.05) is 24.4 Å². The van der Waals surface area contributed by atoms with E-state index >= 15 is 0 Å². The largest absolute Gasteiger partial charge is 0.494 e. The van der Waals surface area contributed by atoms with Crippen LogP contribution in [-0.4, -0.2) is 40.7 Å². The van der Waals surface area contributed by atoms with Gasteiger partial charge in [-0.25, -0.2) is 0 Å². The number of pyridine rings is 1. The summed E-state index contributed by atoms with van der Waals surface area (Å²) in [6.07, 6.45) is 6.03. The lowest BCUT2D eigenvalue weighted by Crippen LogP contribution is -2.55. The number of aliphatic hydroxyl groups excluding tert-OH is 1. The highest BCUT2D eigenvalue weighted by Crippen LogP contribution is 2.42. The molecular formula is C24H34N2O2. The van der Waals surface area contributed by atoms with Gasteiger partial charge in [0.15, 0.2) is 0 Å². The molecule has 1 aromatic carbocycles. The van der Waals surface area contributed by atoms with E-state index in [0.717, 1.165) is 66.6 Å². The average molecular weight is 383 g/mol. The first-order chi connectivity index (χ1) is 13.6. The Kier molecular flexibility index (Phi) is 5.88. The summed E-state index contributed by atoms with van der Waals surface area (Å²) < 4.78 is 5.96. The third kappa shape index (κ3) is 3.90. The third-order valence-electron chi connectivity index (χ3n) is 6.85. The normalized spacial score (nSPS) is 28.0. The molecule has 4 heterocycles. The highest BCUT2D eigenvalue weighted by atomic mass is 16.5. The molecule has 0 amide bonds. The van der Waals surface area contributed by atoms with E-state index in [1.165, 1.54) is 12.8 Å². The first-order valence-electron chi connectivity index (χ1n) is 11.0. The van der Waals surface area contributed by atoms with E-state index in [1.54, 1.807) is 0 Å². The van der Waals surface area contributed by atoms with Gasteiger partial charge in [0.25, 0.3) is 0 Å². The molecule has 3 aliphatic heterocycles. The van der Waals surface area contributed by atoms with E-state index in [-0.39, 0.29) is 6.04 Å². The Hall–Kier alpha value is -1.65. The van der Waals surface area contributed by atoms with Gasteiger partial charge in [0, 0.05) is 24.2 Å². The Morgan fingerprint density at radius 3 is 2.86 bits per heavy atom. The SMILES string of the molecule is CCC1CN2CCC1CC2C(O)c1ccnc2ccc(OCCC(C)C)cc12. The maximum absolute atomic E-state index is 11.4. The zero-order valence-electron chi connectivity index (χ0n) is 17.5. The topological polar surface area (TPSA) is 45.6 Å². The first kappa shape index (κ1) is 19.7. The molecular weight excluding hydrogens is 348 g/mol. The molecule has 2 aromatic rings. The number of rotatable bonds is 7. The standard InChI is InChI=1S/C24H34N2O2/c1-4-17-15-26-11-8-18(17)13-23(26)24(27)20-7-10-25-22-6-5-19(14-21(20)22)28-12-9-16(2)3/h5-7,10,14,16-18,23-24,27H,4,8-9,11-13,15H2,1-3H3. The van der Waals surface area contributed by atoms with Gasteiger partial charge in [0.05, 0.1) is 18.2 Å². The van der Waals surface area contributed by atoms with Crippen LogP contribution in [0.3, 0.4) is 0 Å². The minimum atomic E-state index is -0.475. The Bertz CT molecular complexity index is 806. The van der Waals surface area contributed by atoms with Crippen molar-refractivity contribution < 1.29 is 9.84 Å². The number of nitrogens with zero attached hydrogens (tertiary/aromatic N) is 2. The van der Waals surface area contributed by atoms with Crippen molar-refractivity contribution in [2.75, 3.05) is 19.7 Å². The summed E-state index contributed by atoms with van der Waals surface area (Å²) in [6.45, 7) is 9.69. The van der Waals surface area contributed by atoms with E-state index in [2.05, 4.69) is 36.7 Å². The summed E-state index contributed by atoms with van der Waals surface area (Å²) in [5.41, 5.74) is 1.92. The fraction of sp³-hybridized carbons (Fsp3) is 0.625. The minimum absolute atomic E-state index is 0.220. The maximum atomic E-state index is 11.4. The lowest BCUT2D eigenvalue weighted by atomic mass is 9.72. The summed E-state index contributed by atoms with van der Waals surface area (Å²) in [6, 6.07) is 8.27. The number of aromatic nitrogens is 1. The van der Waals surface area contributed by atoms with Gasteiger partial charge in [-0.2, -0.15) is 0 Å². The molecule has 3 aliphatic rings. The zero-order chi connectivity index (χ0) is 19.7. The van der Waals surface area contributed by atoms with Crippen molar-refractivity contribution in [3.05, 3.63) is 36.0 Å². The molecule has 4 heteroatoms. The molecule has 152 valence electrons. The zero-order valence-corrected chi connectivity index (χ0v) is 17.5. The van der Waals surface area contributed by atoms with Crippen molar-refractivity contribution in [3.63, 3.8) is 0 Å². The fourth-order valence-electron chi connectivity index (χ4n) is 5.08. The molecule has 0 spiro atoms. The number of hydrogen-bond donors (Lipinski definition) is 1. The van der Waals surface area contributed by atoms with Gasteiger partial charge in [-0.1, -0.05) is 27.2 Å². The molecule has 4 nitrogen and oxygen atoms in total. The number of ether oxygens (including phenoxy) is 1. The Balaban J connectivity index is 1.57. The number of fused-ring (bicyclic) bond motifs is 4. The smallest absolute Gasteiger partial charge is 0.120 e. The summed E-state index contributed by atoms with van der Waals surface area (Å²) in [4.78, 5) is 7.03. The van der Waals surface area contributed by atoms with Crippen LogP contribution in [0.25, 0.3) is 10.9 Å². The Labute approximate surface area is 168 Å². The van der Waals surface area contributed by atoms with E-state index < -0.39 is 6.10 Å². The lowest BCUT2D eigenvalue weighted by molar-refractivity contribution is -0.0562. The molecule has 3 saturated heterocycles. The van der Waals surface area contributed by atoms with Crippen LogP contribution in [0.4, 0.5) is 0 Å². The Morgan fingerprint density at radius 1 is 1.29 bits per heavy atom. The van der Waals surface area contributed by atoms with Crippen LogP contribution in [0.2, 0.25) is 0 Å². The number of benzene rings is 1. The molecule has 5 atom stereocenters. The van der Waals surface area contributed by atoms with Gasteiger partial charge in [-0.15, -0.1) is 0 Å². The van der Waals surface area contributed by atoms with Crippen molar-refractivity contribution in [1.82, 2.24) is 9.88 Å². The number of piperidine rings is 3. The van der Waals surface area contributed by atoms with Gasteiger partial charge in [-0.05, 0) is 73.4 Å². The minimum Gasteiger partial charge on any atom is -0.494 e. The highest BCUT2D eigenvalue weighted by Gasteiger charge is 2.42. The van der Waals surface area contributed by atoms with E-state index in [0.29, 0.717) is 5.92 Å². The molecule has 0 aliphatic carbocycles.